The SMILES string of the molecule is CCCCCC(C(=O)O)N1CCC(OC(c2ccccc2)c2ccc(OC)cc2)CC1. The highest BCUT2D eigenvalue weighted by Crippen LogP contribution is 2.31. The Morgan fingerprint density at radius 3 is 2.26 bits per heavy atom. The van der Waals surface area contributed by atoms with Gasteiger partial charge in [0.05, 0.1) is 13.2 Å². The van der Waals surface area contributed by atoms with Crippen molar-refractivity contribution in [3.63, 3.8) is 0 Å². The number of benzene rings is 2. The molecule has 1 aliphatic rings. The van der Waals surface area contributed by atoms with Crippen molar-refractivity contribution in [2.24, 2.45) is 0 Å². The Kier molecular flexibility index (Phi) is 8.92. The van der Waals surface area contributed by atoms with Crippen LogP contribution in [0.15, 0.2) is 54.6 Å². The molecule has 0 bridgehead atoms. The van der Waals surface area contributed by atoms with Gasteiger partial charge in [0, 0.05) is 13.1 Å². The molecule has 1 aliphatic heterocycles. The first-order chi connectivity index (χ1) is 15.1. The number of methoxy groups -OCH3 is 1. The Bertz CT molecular complexity index is 785. The lowest BCUT2D eigenvalue weighted by Gasteiger charge is -2.37. The van der Waals surface area contributed by atoms with Crippen LogP contribution >= 0.6 is 0 Å². The number of ether oxygens (including phenoxy) is 2. The Morgan fingerprint density at radius 1 is 1.03 bits per heavy atom. The van der Waals surface area contributed by atoms with E-state index in [1.165, 1.54) is 0 Å². The van der Waals surface area contributed by atoms with Gasteiger partial charge in [0.1, 0.15) is 17.9 Å². The van der Waals surface area contributed by atoms with Crippen molar-refractivity contribution in [1.82, 2.24) is 4.90 Å². The largest absolute Gasteiger partial charge is 0.497 e. The summed E-state index contributed by atoms with van der Waals surface area (Å²) >= 11 is 0. The molecule has 0 radical (unpaired) electrons. The molecule has 0 aliphatic carbocycles. The van der Waals surface area contributed by atoms with Crippen molar-refractivity contribution >= 4 is 5.97 Å². The van der Waals surface area contributed by atoms with Crippen LogP contribution in [0.25, 0.3) is 0 Å². The van der Waals surface area contributed by atoms with Gasteiger partial charge in [-0.05, 0) is 42.5 Å². The van der Waals surface area contributed by atoms with E-state index in [1.807, 2.05) is 30.3 Å². The Morgan fingerprint density at radius 2 is 1.68 bits per heavy atom. The molecule has 2 aromatic carbocycles. The molecule has 1 heterocycles. The molecule has 0 amide bonds. The van der Waals surface area contributed by atoms with Crippen molar-refractivity contribution < 1.29 is 19.4 Å². The lowest BCUT2D eigenvalue weighted by atomic mass is 9.99. The van der Waals surface area contributed by atoms with Crippen LogP contribution in [-0.2, 0) is 9.53 Å². The standard InChI is InChI=1S/C26H35NO4/c1-3-4-6-11-24(26(28)29)27-18-16-23(17-19-27)31-25(20-9-7-5-8-10-20)21-12-14-22(30-2)15-13-21/h5,7-10,12-15,23-25H,3-4,6,11,16-19H2,1-2H3,(H,28,29). The molecule has 1 N–H and O–H groups in total. The van der Waals surface area contributed by atoms with Crippen LogP contribution in [0, 0.1) is 0 Å². The highest BCUT2D eigenvalue weighted by molar-refractivity contribution is 5.73. The van der Waals surface area contributed by atoms with Gasteiger partial charge in [0.2, 0.25) is 0 Å². The maximum absolute atomic E-state index is 11.8. The molecule has 0 spiro atoms. The van der Waals surface area contributed by atoms with Gasteiger partial charge in [-0.15, -0.1) is 0 Å². The van der Waals surface area contributed by atoms with Crippen LogP contribution in [0.4, 0.5) is 0 Å². The predicted octanol–water partition coefficient (Wildman–Crippen LogP) is 5.30. The smallest absolute Gasteiger partial charge is 0.320 e. The van der Waals surface area contributed by atoms with Crippen LogP contribution in [0.5, 0.6) is 5.75 Å². The number of rotatable bonds is 11. The number of nitrogens with zero attached hydrogens (tertiary/aromatic N) is 1. The van der Waals surface area contributed by atoms with E-state index in [0.29, 0.717) is 0 Å². The first-order valence-corrected chi connectivity index (χ1v) is 11.4. The van der Waals surface area contributed by atoms with Crippen LogP contribution in [0.3, 0.4) is 0 Å². The molecule has 2 aromatic rings. The summed E-state index contributed by atoms with van der Waals surface area (Å²) in [6, 6.07) is 17.9. The second kappa shape index (κ2) is 11.9. The van der Waals surface area contributed by atoms with E-state index in [1.54, 1.807) is 7.11 Å². The van der Waals surface area contributed by atoms with Crippen LogP contribution in [0.1, 0.15) is 62.7 Å². The highest BCUT2D eigenvalue weighted by Gasteiger charge is 2.31. The summed E-state index contributed by atoms with van der Waals surface area (Å²) in [7, 11) is 1.67. The van der Waals surface area contributed by atoms with Gasteiger partial charge in [-0.25, -0.2) is 0 Å². The molecular formula is C26H35NO4. The number of carboxylic acids is 1. The van der Waals surface area contributed by atoms with Crippen molar-refractivity contribution in [3.05, 3.63) is 65.7 Å². The fourth-order valence-corrected chi connectivity index (χ4v) is 4.32. The molecule has 31 heavy (non-hydrogen) atoms. The summed E-state index contributed by atoms with van der Waals surface area (Å²) in [5.74, 6) is 0.127. The van der Waals surface area contributed by atoms with Crippen LogP contribution < -0.4 is 4.74 Å². The van der Waals surface area contributed by atoms with E-state index in [4.69, 9.17) is 9.47 Å². The zero-order chi connectivity index (χ0) is 22.1. The van der Waals surface area contributed by atoms with Gasteiger partial charge >= 0.3 is 5.97 Å². The van der Waals surface area contributed by atoms with Crippen LogP contribution in [-0.4, -0.2) is 48.3 Å². The molecule has 0 aromatic heterocycles. The molecule has 3 rings (SSSR count). The molecule has 5 heteroatoms. The topological polar surface area (TPSA) is 59.0 Å². The fraction of sp³-hybridized carbons (Fsp3) is 0.500. The maximum atomic E-state index is 11.8. The summed E-state index contributed by atoms with van der Waals surface area (Å²) in [4.78, 5) is 13.9. The summed E-state index contributed by atoms with van der Waals surface area (Å²) in [5, 5.41) is 9.69. The molecule has 168 valence electrons. The number of piperidine rings is 1. The van der Waals surface area contributed by atoms with E-state index in [2.05, 4.69) is 36.1 Å². The van der Waals surface area contributed by atoms with E-state index < -0.39 is 5.97 Å². The number of carbonyl (C=O) groups is 1. The Balaban J connectivity index is 1.65. The quantitative estimate of drug-likeness (QED) is 0.495. The van der Waals surface area contributed by atoms with Crippen molar-refractivity contribution in [2.75, 3.05) is 20.2 Å². The van der Waals surface area contributed by atoms with Gasteiger partial charge in [0.15, 0.2) is 0 Å². The number of carboxylic acid groups (broad SMARTS) is 1. The minimum Gasteiger partial charge on any atom is -0.497 e. The first-order valence-electron chi connectivity index (χ1n) is 11.4. The van der Waals surface area contributed by atoms with E-state index in [-0.39, 0.29) is 18.2 Å². The minimum absolute atomic E-state index is 0.105. The lowest BCUT2D eigenvalue weighted by molar-refractivity contribution is -0.145. The molecule has 1 saturated heterocycles. The van der Waals surface area contributed by atoms with Crippen molar-refractivity contribution in [3.8, 4) is 5.75 Å². The third-order valence-corrected chi connectivity index (χ3v) is 6.13. The first kappa shape index (κ1) is 23.3. The summed E-state index contributed by atoms with van der Waals surface area (Å²) in [5.41, 5.74) is 2.22. The van der Waals surface area contributed by atoms with E-state index in [0.717, 1.165) is 68.5 Å². The maximum Gasteiger partial charge on any atom is 0.320 e. The number of hydrogen-bond donors (Lipinski definition) is 1. The summed E-state index contributed by atoms with van der Waals surface area (Å²) in [6.45, 7) is 3.67. The van der Waals surface area contributed by atoms with E-state index >= 15 is 0 Å². The molecule has 5 nitrogen and oxygen atoms in total. The van der Waals surface area contributed by atoms with E-state index in [9.17, 15) is 9.90 Å². The number of unbranched alkanes of at least 4 members (excludes halogenated alkanes) is 2. The monoisotopic (exact) mass is 425 g/mol. The van der Waals surface area contributed by atoms with Gasteiger partial charge in [-0.3, -0.25) is 9.69 Å². The third-order valence-electron chi connectivity index (χ3n) is 6.13. The average molecular weight is 426 g/mol. The fourth-order valence-electron chi connectivity index (χ4n) is 4.32. The predicted molar refractivity (Wildman–Crippen MR) is 123 cm³/mol. The Labute approximate surface area is 186 Å². The average Bonchev–Trinajstić information content (AvgIpc) is 2.81. The second-order valence-electron chi connectivity index (χ2n) is 8.29. The van der Waals surface area contributed by atoms with Gasteiger partial charge < -0.3 is 14.6 Å². The number of aliphatic carboxylic acids is 1. The molecule has 1 fully saturated rings. The van der Waals surface area contributed by atoms with Crippen LogP contribution in [0.2, 0.25) is 0 Å². The molecular weight excluding hydrogens is 390 g/mol. The zero-order valence-electron chi connectivity index (χ0n) is 18.7. The molecule has 2 atom stereocenters. The zero-order valence-corrected chi connectivity index (χ0v) is 18.7. The molecule has 2 unspecified atom stereocenters. The van der Waals surface area contributed by atoms with Gasteiger partial charge in [-0.2, -0.15) is 0 Å². The highest BCUT2D eigenvalue weighted by atomic mass is 16.5. The van der Waals surface area contributed by atoms with Gasteiger partial charge in [-0.1, -0.05) is 68.7 Å². The molecule has 0 saturated carbocycles. The van der Waals surface area contributed by atoms with Crippen molar-refractivity contribution in [1.29, 1.82) is 0 Å². The summed E-state index contributed by atoms with van der Waals surface area (Å²) in [6.07, 6.45) is 5.54. The normalized spacial score (nSPS) is 17.2. The number of hydrogen-bond acceptors (Lipinski definition) is 4. The summed E-state index contributed by atoms with van der Waals surface area (Å²) < 4.78 is 11.9. The van der Waals surface area contributed by atoms with Gasteiger partial charge in [0.25, 0.3) is 0 Å². The second-order valence-corrected chi connectivity index (χ2v) is 8.29. The minimum atomic E-state index is -0.698. The van der Waals surface area contributed by atoms with Crippen molar-refractivity contribution in [2.45, 2.75) is 63.7 Å². The Hall–Kier alpha value is -2.37. The lowest BCUT2D eigenvalue weighted by Crippen LogP contribution is -2.47. The number of likely N-dealkylation sites (tertiary alicyclic amines) is 1. The third kappa shape index (κ3) is 6.55.